The maximum atomic E-state index is 13.2. The van der Waals surface area contributed by atoms with Crippen LogP contribution < -0.4 is 11.1 Å². The quantitative estimate of drug-likeness (QED) is 0.810. The molecule has 1 fully saturated rings. The predicted molar refractivity (Wildman–Crippen MR) is 59.0 cm³/mol. The molecule has 0 radical (unpaired) electrons. The van der Waals surface area contributed by atoms with Gasteiger partial charge in [0.25, 0.3) is 5.91 Å². The highest BCUT2D eigenvalue weighted by Gasteiger charge is 2.25. The van der Waals surface area contributed by atoms with Gasteiger partial charge in [0.2, 0.25) is 0 Å². The molecule has 80 valence electrons. The summed E-state index contributed by atoms with van der Waals surface area (Å²) in [7, 11) is 0. The minimum Gasteiger partial charge on any atom is -0.398 e. The average Bonchev–Trinajstić information content (AvgIpc) is 2.95. The van der Waals surface area contributed by atoms with Crippen molar-refractivity contribution in [1.82, 2.24) is 5.32 Å². The van der Waals surface area contributed by atoms with Crippen molar-refractivity contribution in [2.24, 2.45) is 0 Å². The van der Waals surface area contributed by atoms with E-state index < -0.39 is 5.82 Å². The zero-order valence-corrected chi connectivity index (χ0v) is 9.47. The number of amides is 1. The Hall–Kier alpha value is -1.10. The van der Waals surface area contributed by atoms with Crippen LogP contribution in [0, 0.1) is 5.82 Å². The van der Waals surface area contributed by atoms with Gasteiger partial charge in [0, 0.05) is 11.7 Å². The molecule has 0 unspecified atom stereocenters. The molecule has 15 heavy (non-hydrogen) atoms. The molecule has 0 aromatic heterocycles. The number of hydrogen-bond donors (Lipinski definition) is 2. The van der Waals surface area contributed by atoms with Crippen LogP contribution in [0.3, 0.4) is 0 Å². The average molecular weight is 273 g/mol. The highest BCUT2D eigenvalue weighted by atomic mass is 79.9. The number of hydrogen-bond acceptors (Lipinski definition) is 2. The maximum absolute atomic E-state index is 13.2. The molecular formula is C10H10BrFN2O. The summed E-state index contributed by atoms with van der Waals surface area (Å²) in [4.78, 5) is 11.6. The number of nitrogen functional groups attached to an aromatic ring is 1. The Kier molecular flexibility index (Phi) is 2.65. The van der Waals surface area contributed by atoms with E-state index >= 15 is 0 Å². The van der Waals surface area contributed by atoms with Crippen molar-refractivity contribution >= 4 is 27.5 Å². The fraction of sp³-hybridized carbons (Fsp3) is 0.300. The van der Waals surface area contributed by atoms with Gasteiger partial charge in [0.05, 0.1) is 10.0 Å². The highest BCUT2D eigenvalue weighted by molar-refractivity contribution is 9.10. The van der Waals surface area contributed by atoms with Crippen molar-refractivity contribution in [3.63, 3.8) is 0 Å². The number of nitrogens with one attached hydrogen (secondary N) is 1. The minimum atomic E-state index is -0.481. The molecule has 1 aromatic rings. The molecule has 3 N–H and O–H groups in total. The normalized spacial score (nSPS) is 15.1. The molecule has 1 aliphatic rings. The lowest BCUT2D eigenvalue weighted by molar-refractivity contribution is 0.0951. The van der Waals surface area contributed by atoms with E-state index in [0.717, 1.165) is 18.9 Å². The third-order valence-electron chi connectivity index (χ3n) is 2.25. The summed E-state index contributed by atoms with van der Waals surface area (Å²) in [5.74, 6) is -0.786. The molecule has 0 atom stereocenters. The van der Waals surface area contributed by atoms with Crippen LogP contribution >= 0.6 is 15.9 Å². The third-order valence-corrected chi connectivity index (χ3v) is 2.86. The van der Waals surface area contributed by atoms with Gasteiger partial charge in [0.15, 0.2) is 0 Å². The summed E-state index contributed by atoms with van der Waals surface area (Å²) in [6, 6.07) is 2.79. The number of carbonyl (C=O) groups is 1. The van der Waals surface area contributed by atoms with Gasteiger partial charge in [0.1, 0.15) is 5.82 Å². The van der Waals surface area contributed by atoms with E-state index in [-0.39, 0.29) is 27.7 Å². The molecule has 1 aromatic carbocycles. The van der Waals surface area contributed by atoms with E-state index in [1.165, 1.54) is 6.07 Å². The topological polar surface area (TPSA) is 55.1 Å². The van der Waals surface area contributed by atoms with E-state index in [0.29, 0.717) is 0 Å². The molecular weight excluding hydrogens is 263 g/mol. The Morgan fingerprint density at radius 1 is 1.53 bits per heavy atom. The van der Waals surface area contributed by atoms with E-state index in [1.54, 1.807) is 0 Å². The second-order valence-corrected chi connectivity index (χ2v) is 4.46. The zero-order chi connectivity index (χ0) is 11.0. The molecule has 5 heteroatoms. The molecule has 1 aliphatic carbocycles. The van der Waals surface area contributed by atoms with Crippen LogP contribution in [-0.4, -0.2) is 11.9 Å². The highest BCUT2D eigenvalue weighted by Crippen LogP contribution is 2.24. The number of halogens is 2. The fourth-order valence-electron chi connectivity index (χ4n) is 1.25. The van der Waals surface area contributed by atoms with Gasteiger partial charge < -0.3 is 11.1 Å². The van der Waals surface area contributed by atoms with Crippen LogP contribution in [0.2, 0.25) is 0 Å². The van der Waals surface area contributed by atoms with Crippen molar-refractivity contribution in [1.29, 1.82) is 0 Å². The standard InChI is InChI=1S/C10H10BrFN2O/c11-7-4-9(13)6(3-8(7)12)10(15)14-5-1-2-5/h3-5H,1-2,13H2,(H,14,15). The lowest BCUT2D eigenvalue weighted by atomic mass is 10.1. The van der Waals surface area contributed by atoms with Gasteiger partial charge in [-0.25, -0.2) is 4.39 Å². The first-order chi connectivity index (χ1) is 7.08. The van der Waals surface area contributed by atoms with Gasteiger partial charge in [-0.2, -0.15) is 0 Å². The SMILES string of the molecule is Nc1cc(Br)c(F)cc1C(=O)NC1CC1. The summed E-state index contributed by atoms with van der Waals surface area (Å²) in [5.41, 5.74) is 6.11. The molecule has 0 spiro atoms. The molecule has 0 bridgehead atoms. The molecule has 2 rings (SSSR count). The molecule has 1 amide bonds. The van der Waals surface area contributed by atoms with Crippen LogP contribution in [0.1, 0.15) is 23.2 Å². The molecule has 1 saturated carbocycles. The van der Waals surface area contributed by atoms with Crippen LogP contribution in [0.5, 0.6) is 0 Å². The molecule has 0 saturated heterocycles. The first-order valence-corrected chi connectivity index (χ1v) is 5.42. The summed E-state index contributed by atoms with van der Waals surface area (Å²) < 4.78 is 13.5. The van der Waals surface area contributed by atoms with Crippen LogP contribution in [0.25, 0.3) is 0 Å². The Bertz CT molecular complexity index is 418. The van der Waals surface area contributed by atoms with Crippen molar-refractivity contribution < 1.29 is 9.18 Å². The van der Waals surface area contributed by atoms with Gasteiger partial charge in [-0.15, -0.1) is 0 Å². The molecule has 0 heterocycles. The maximum Gasteiger partial charge on any atom is 0.253 e. The lowest BCUT2D eigenvalue weighted by Gasteiger charge is -2.07. The third kappa shape index (κ3) is 2.28. The largest absolute Gasteiger partial charge is 0.398 e. The summed E-state index contributed by atoms with van der Waals surface area (Å²) >= 11 is 3.01. The summed E-state index contributed by atoms with van der Waals surface area (Å²) in [6.45, 7) is 0. The van der Waals surface area contributed by atoms with E-state index in [1.807, 2.05) is 0 Å². The van der Waals surface area contributed by atoms with Gasteiger partial charge >= 0.3 is 0 Å². The first-order valence-electron chi connectivity index (χ1n) is 4.63. The van der Waals surface area contributed by atoms with Crippen molar-refractivity contribution in [3.05, 3.63) is 28.0 Å². The number of anilines is 1. The van der Waals surface area contributed by atoms with Crippen LogP contribution in [0.4, 0.5) is 10.1 Å². The van der Waals surface area contributed by atoms with Gasteiger partial charge in [-0.05, 0) is 40.9 Å². The Morgan fingerprint density at radius 2 is 2.20 bits per heavy atom. The zero-order valence-electron chi connectivity index (χ0n) is 7.89. The number of benzene rings is 1. The van der Waals surface area contributed by atoms with Crippen LogP contribution in [0.15, 0.2) is 16.6 Å². The predicted octanol–water partition coefficient (Wildman–Crippen LogP) is 2.06. The number of rotatable bonds is 2. The summed E-state index contributed by atoms with van der Waals surface area (Å²) in [6.07, 6.45) is 1.98. The van der Waals surface area contributed by atoms with Crippen molar-refractivity contribution in [2.45, 2.75) is 18.9 Å². The van der Waals surface area contributed by atoms with E-state index in [4.69, 9.17) is 5.73 Å². The van der Waals surface area contributed by atoms with Crippen molar-refractivity contribution in [2.75, 3.05) is 5.73 Å². The van der Waals surface area contributed by atoms with Crippen LogP contribution in [-0.2, 0) is 0 Å². The fourth-order valence-corrected chi connectivity index (χ4v) is 1.61. The summed E-state index contributed by atoms with van der Waals surface area (Å²) in [5, 5.41) is 2.76. The Morgan fingerprint density at radius 3 is 2.80 bits per heavy atom. The van der Waals surface area contributed by atoms with Gasteiger partial charge in [-0.3, -0.25) is 4.79 Å². The monoisotopic (exact) mass is 272 g/mol. The lowest BCUT2D eigenvalue weighted by Crippen LogP contribution is -2.26. The van der Waals surface area contributed by atoms with Crippen molar-refractivity contribution in [3.8, 4) is 0 Å². The second-order valence-electron chi connectivity index (χ2n) is 3.60. The smallest absolute Gasteiger partial charge is 0.253 e. The molecule has 0 aliphatic heterocycles. The van der Waals surface area contributed by atoms with Gasteiger partial charge in [-0.1, -0.05) is 0 Å². The van der Waals surface area contributed by atoms with E-state index in [2.05, 4.69) is 21.2 Å². The van der Waals surface area contributed by atoms with E-state index in [9.17, 15) is 9.18 Å². The Balaban J connectivity index is 2.25. The molecule has 3 nitrogen and oxygen atoms in total. The number of nitrogens with two attached hydrogens (primary N) is 1. The number of carbonyl (C=O) groups excluding carboxylic acids is 1. The second kappa shape index (κ2) is 3.81. The Labute approximate surface area is 95.0 Å². The first kappa shape index (κ1) is 10.4. The minimum absolute atomic E-state index is 0.197.